The molecule has 2 fully saturated rings. The van der Waals surface area contributed by atoms with Gasteiger partial charge in [0.1, 0.15) is 17.0 Å². The third-order valence-electron chi connectivity index (χ3n) is 8.79. The summed E-state index contributed by atoms with van der Waals surface area (Å²) in [6, 6.07) is 7.02. The Bertz CT molecular complexity index is 1610. The number of aryl methyl sites for hydroxylation is 1. The second-order valence-corrected chi connectivity index (χ2v) is 11.4. The molecule has 10 heteroatoms. The van der Waals surface area contributed by atoms with Gasteiger partial charge >= 0.3 is 5.97 Å². The second-order valence-electron chi connectivity index (χ2n) is 11.4. The number of carboxylic acid groups (broad SMARTS) is 1. The molecule has 1 aromatic heterocycles. The minimum absolute atomic E-state index is 0.00744. The van der Waals surface area contributed by atoms with Gasteiger partial charge in [0.05, 0.1) is 25.1 Å². The number of nitrogens with zero attached hydrogens (tertiary/aromatic N) is 3. The number of benzene rings is 2. The van der Waals surface area contributed by atoms with E-state index in [1.54, 1.807) is 11.7 Å². The number of hydrogen-bond acceptors (Lipinski definition) is 6. The second kappa shape index (κ2) is 10.4. The van der Waals surface area contributed by atoms with Gasteiger partial charge in [-0.3, -0.25) is 9.59 Å². The molecule has 3 aromatic rings. The molecule has 9 nitrogen and oxygen atoms in total. The zero-order chi connectivity index (χ0) is 29.0. The predicted molar refractivity (Wildman–Crippen MR) is 152 cm³/mol. The van der Waals surface area contributed by atoms with Crippen LogP contribution >= 0.6 is 0 Å². The number of piperazine rings is 1. The topological polar surface area (TPSA) is 101 Å². The molecule has 216 valence electrons. The van der Waals surface area contributed by atoms with E-state index in [1.807, 2.05) is 34.9 Å². The monoisotopic (exact) mass is 563 g/mol. The van der Waals surface area contributed by atoms with Crippen LogP contribution in [-0.4, -0.2) is 66.3 Å². The number of carboxylic acids is 1. The first-order valence-corrected chi connectivity index (χ1v) is 14.1. The summed E-state index contributed by atoms with van der Waals surface area (Å²) in [4.78, 5) is 42.2. The minimum Gasteiger partial charge on any atom is -0.497 e. The highest BCUT2D eigenvalue weighted by Gasteiger charge is 2.36. The molecule has 0 bridgehead atoms. The van der Waals surface area contributed by atoms with Gasteiger partial charge in [0.2, 0.25) is 11.3 Å². The Hall–Kier alpha value is -4.08. The van der Waals surface area contributed by atoms with Crippen molar-refractivity contribution in [3.63, 3.8) is 0 Å². The number of amides is 1. The summed E-state index contributed by atoms with van der Waals surface area (Å²) in [5.74, 6) is -0.937. The predicted octanol–water partition coefficient (Wildman–Crippen LogP) is 4.03. The van der Waals surface area contributed by atoms with E-state index in [9.17, 15) is 19.5 Å². The summed E-state index contributed by atoms with van der Waals surface area (Å²) in [6.07, 6.45) is 5.31. The maximum absolute atomic E-state index is 15.8. The number of anilines is 1. The molecule has 2 aliphatic carbocycles. The molecule has 2 unspecified atom stereocenters. The van der Waals surface area contributed by atoms with Gasteiger partial charge in [-0.15, -0.1) is 0 Å². The molecular formula is C31H34FN3O6. The molecule has 2 heterocycles. The van der Waals surface area contributed by atoms with Crippen molar-refractivity contribution in [1.29, 1.82) is 0 Å². The van der Waals surface area contributed by atoms with Crippen LogP contribution in [0.3, 0.4) is 0 Å². The molecule has 41 heavy (non-hydrogen) atoms. The molecule has 1 saturated heterocycles. The van der Waals surface area contributed by atoms with Crippen molar-refractivity contribution in [2.45, 2.75) is 51.1 Å². The van der Waals surface area contributed by atoms with Crippen molar-refractivity contribution in [2.24, 2.45) is 5.92 Å². The van der Waals surface area contributed by atoms with Crippen LogP contribution in [0.2, 0.25) is 0 Å². The standard InChI is InChI=1S/C31H34FN3O6/c1-17-15-33(10-11-34(17)30(37)20-5-4-19-13-22(40-2)9-6-18(19)12-20)27-25(32)14-23-26(29(27)41-3)35(21-7-8-21)16-24(28(23)36)31(38)39/h6,9,13-14,16-17,20-21H,4-5,7-8,10-12,15H2,1-3H3,(H,38,39). The van der Waals surface area contributed by atoms with Crippen LogP contribution in [0.25, 0.3) is 10.9 Å². The molecule has 6 rings (SSSR count). The summed E-state index contributed by atoms with van der Waals surface area (Å²) in [7, 11) is 3.09. The summed E-state index contributed by atoms with van der Waals surface area (Å²) < 4.78 is 28.6. The zero-order valence-electron chi connectivity index (χ0n) is 23.5. The number of halogens is 1. The van der Waals surface area contributed by atoms with E-state index in [0.29, 0.717) is 31.6 Å². The molecule has 1 saturated carbocycles. The first-order chi connectivity index (χ1) is 19.7. The molecule has 1 N–H and O–H groups in total. The van der Waals surface area contributed by atoms with Crippen LogP contribution in [0.15, 0.2) is 35.3 Å². The Morgan fingerprint density at radius 1 is 1.05 bits per heavy atom. The summed E-state index contributed by atoms with van der Waals surface area (Å²) >= 11 is 0. The zero-order valence-corrected chi connectivity index (χ0v) is 23.5. The fraction of sp³-hybridized carbons (Fsp3) is 0.452. The molecule has 1 amide bonds. The SMILES string of the molecule is COc1ccc2c(c1)CCC(C(=O)N1CCN(c3c(F)cc4c(=O)c(C(=O)O)cn(C5CC5)c4c3OC)CC1C)C2. The summed E-state index contributed by atoms with van der Waals surface area (Å²) in [5.41, 5.74) is 1.93. The number of aromatic nitrogens is 1. The average Bonchev–Trinajstić information content (AvgIpc) is 3.81. The minimum atomic E-state index is -1.34. The number of methoxy groups -OCH3 is 2. The maximum Gasteiger partial charge on any atom is 0.341 e. The molecule has 0 radical (unpaired) electrons. The number of fused-ring (bicyclic) bond motifs is 2. The van der Waals surface area contributed by atoms with Crippen LogP contribution < -0.4 is 19.8 Å². The normalized spacial score (nSPS) is 20.6. The van der Waals surface area contributed by atoms with Crippen molar-refractivity contribution >= 4 is 28.5 Å². The van der Waals surface area contributed by atoms with E-state index in [-0.39, 0.29) is 46.3 Å². The third-order valence-corrected chi connectivity index (χ3v) is 8.79. The lowest BCUT2D eigenvalue weighted by Crippen LogP contribution is -2.56. The number of carbonyl (C=O) groups is 2. The highest BCUT2D eigenvalue weighted by Crippen LogP contribution is 2.44. The smallest absolute Gasteiger partial charge is 0.341 e. The number of rotatable bonds is 6. The fourth-order valence-corrected chi connectivity index (χ4v) is 6.52. The summed E-state index contributed by atoms with van der Waals surface area (Å²) in [5, 5.41) is 9.58. The Labute approximate surface area is 237 Å². The molecule has 3 aliphatic rings. The van der Waals surface area contributed by atoms with Gasteiger partial charge < -0.3 is 28.9 Å². The number of pyridine rings is 1. The lowest BCUT2D eigenvalue weighted by Gasteiger charge is -2.43. The number of hydrogen-bond donors (Lipinski definition) is 1. The van der Waals surface area contributed by atoms with Gasteiger partial charge in [0, 0.05) is 43.8 Å². The van der Waals surface area contributed by atoms with E-state index in [0.717, 1.165) is 37.5 Å². The van der Waals surface area contributed by atoms with Gasteiger partial charge in [-0.05, 0) is 68.4 Å². The van der Waals surface area contributed by atoms with Crippen LogP contribution in [0.1, 0.15) is 53.7 Å². The first-order valence-electron chi connectivity index (χ1n) is 14.1. The number of carbonyl (C=O) groups excluding carboxylic acids is 1. The summed E-state index contributed by atoms with van der Waals surface area (Å²) in [6.45, 7) is 3.19. The Morgan fingerprint density at radius 3 is 2.49 bits per heavy atom. The number of aromatic carboxylic acids is 1. The fourth-order valence-electron chi connectivity index (χ4n) is 6.52. The van der Waals surface area contributed by atoms with Gasteiger partial charge in [0.15, 0.2) is 11.6 Å². The van der Waals surface area contributed by atoms with E-state index >= 15 is 4.39 Å². The Balaban J connectivity index is 1.28. The Morgan fingerprint density at radius 2 is 1.83 bits per heavy atom. The van der Waals surface area contributed by atoms with Crippen molar-refractivity contribution in [3.8, 4) is 11.5 Å². The maximum atomic E-state index is 15.8. The quantitative estimate of drug-likeness (QED) is 0.483. The van der Waals surface area contributed by atoms with E-state index < -0.39 is 17.2 Å². The van der Waals surface area contributed by atoms with Crippen molar-refractivity contribution < 1.29 is 28.6 Å². The lowest BCUT2D eigenvalue weighted by molar-refractivity contribution is -0.138. The van der Waals surface area contributed by atoms with Gasteiger partial charge in [0.25, 0.3) is 0 Å². The van der Waals surface area contributed by atoms with E-state index in [1.165, 1.54) is 24.4 Å². The van der Waals surface area contributed by atoms with Gasteiger partial charge in [-0.1, -0.05) is 6.07 Å². The molecule has 1 aliphatic heterocycles. The van der Waals surface area contributed by atoms with E-state index in [2.05, 4.69) is 0 Å². The third kappa shape index (κ3) is 4.69. The molecule has 2 atom stereocenters. The van der Waals surface area contributed by atoms with E-state index in [4.69, 9.17) is 9.47 Å². The van der Waals surface area contributed by atoms with Crippen molar-refractivity contribution in [2.75, 3.05) is 38.8 Å². The first kappa shape index (κ1) is 27.1. The lowest BCUT2D eigenvalue weighted by atomic mass is 9.82. The average molecular weight is 564 g/mol. The Kier molecular flexibility index (Phi) is 6.87. The van der Waals surface area contributed by atoms with Gasteiger partial charge in [-0.2, -0.15) is 0 Å². The van der Waals surface area contributed by atoms with Crippen LogP contribution in [0, 0.1) is 11.7 Å². The highest BCUT2D eigenvalue weighted by atomic mass is 19.1. The van der Waals surface area contributed by atoms with Crippen LogP contribution in [-0.2, 0) is 17.6 Å². The number of ether oxygens (including phenoxy) is 2. The van der Waals surface area contributed by atoms with Crippen molar-refractivity contribution in [3.05, 3.63) is 63.2 Å². The van der Waals surface area contributed by atoms with Crippen LogP contribution in [0.4, 0.5) is 10.1 Å². The molecular weight excluding hydrogens is 529 g/mol. The highest BCUT2D eigenvalue weighted by molar-refractivity contribution is 5.97. The van der Waals surface area contributed by atoms with Crippen LogP contribution in [0.5, 0.6) is 11.5 Å². The largest absolute Gasteiger partial charge is 0.497 e. The molecule has 0 spiro atoms. The molecule has 2 aromatic carbocycles. The van der Waals surface area contributed by atoms with Gasteiger partial charge in [-0.25, -0.2) is 9.18 Å². The van der Waals surface area contributed by atoms with Crippen molar-refractivity contribution in [1.82, 2.24) is 9.47 Å².